The number of nitrogens with zero attached hydrogens (tertiary/aromatic N) is 2. The predicted molar refractivity (Wildman–Crippen MR) is 190 cm³/mol. The lowest BCUT2D eigenvalue weighted by molar-refractivity contribution is -0.0504. The van der Waals surface area contributed by atoms with E-state index in [1.807, 2.05) is 91.0 Å². The third kappa shape index (κ3) is 7.64. The van der Waals surface area contributed by atoms with Crippen molar-refractivity contribution >= 4 is 23.2 Å². The number of amides is 1. The van der Waals surface area contributed by atoms with Crippen LogP contribution in [0.3, 0.4) is 0 Å². The fourth-order valence-corrected chi connectivity index (χ4v) is 5.98. The van der Waals surface area contributed by atoms with E-state index < -0.39 is 12.2 Å². The molecule has 0 radical (unpaired) electrons. The van der Waals surface area contributed by atoms with Gasteiger partial charge in [-0.1, -0.05) is 103 Å². The molecule has 0 bridgehead atoms. The Morgan fingerprint density at radius 2 is 1.36 bits per heavy atom. The number of nitrogens with one attached hydrogen (secondary N) is 2. The van der Waals surface area contributed by atoms with Crippen molar-refractivity contribution in [3.63, 3.8) is 0 Å². The van der Waals surface area contributed by atoms with Gasteiger partial charge in [0.15, 0.2) is 0 Å². The van der Waals surface area contributed by atoms with E-state index in [1.165, 1.54) is 13.1 Å². The summed E-state index contributed by atoms with van der Waals surface area (Å²) in [6.45, 7) is -2.84. The van der Waals surface area contributed by atoms with Crippen molar-refractivity contribution in [2.45, 2.75) is 25.4 Å². The van der Waals surface area contributed by atoms with Gasteiger partial charge in [-0.15, -0.1) is 0 Å². The first-order valence-electron chi connectivity index (χ1n) is 15.8. The van der Waals surface area contributed by atoms with Crippen LogP contribution in [0.2, 0.25) is 5.28 Å². The van der Waals surface area contributed by atoms with Gasteiger partial charge in [0.05, 0.1) is 12.2 Å². The predicted octanol–water partition coefficient (Wildman–Crippen LogP) is 8.88. The van der Waals surface area contributed by atoms with Gasteiger partial charge >= 0.3 is 6.61 Å². The highest BCUT2D eigenvalue weighted by atomic mass is 35.5. The first kappa shape index (κ1) is 34.2. The van der Waals surface area contributed by atoms with Gasteiger partial charge in [-0.3, -0.25) is 4.79 Å². The molecular formula is C40H33ClF2N4O3. The Kier molecular flexibility index (Phi) is 10.8. The number of benzene rings is 5. The minimum atomic E-state index is -3.03. The maximum absolute atomic E-state index is 13.6. The highest BCUT2D eigenvalue weighted by Gasteiger charge is 2.37. The average Bonchev–Trinajstić information content (AvgIpc) is 3.16. The van der Waals surface area contributed by atoms with Crippen LogP contribution in [0.4, 0.5) is 14.5 Å². The van der Waals surface area contributed by atoms with Gasteiger partial charge in [-0.2, -0.15) is 8.78 Å². The Bertz CT molecular complexity index is 1940. The summed E-state index contributed by atoms with van der Waals surface area (Å²) in [7, 11) is 1.53. The van der Waals surface area contributed by atoms with Crippen molar-refractivity contribution in [2.75, 3.05) is 12.4 Å². The number of hydrogen-bond donors (Lipinski definition) is 2. The van der Waals surface area contributed by atoms with E-state index >= 15 is 0 Å². The lowest BCUT2D eigenvalue weighted by Crippen LogP contribution is -2.32. The molecule has 2 N–H and O–H groups in total. The summed E-state index contributed by atoms with van der Waals surface area (Å²) < 4.78 is 39.0. The smallest absolute Gasteiger partial charge is 0.387 e. The lowest BCUT2D eigenvalue weighted by Gasteiger charge is -2.36. The minimum absolute atomic E-state index is 0.000408. The second-order valence-corrected chi connectivity index (χ2v) is 11.7. The zero-order valence-corrected chi connectivity index (χ0v) is 27.8. The number of rotatable bonds is 13. The van der Waals surface area contributed by atoms with Gasteiger partial charge in [0.2, 0.25) is 5.28 Å². The fraction of sp³-hybridized carbons (Fsp3) is 0.125. The molecule has 5 aromatic carbocycles. The Hall–Kier alpha value is -5.64. The number of carbonyl (C=O) groups is 1. The fourth-order valence-electron chi connectivity index (χ4n) is 5.89. The standard InChI is InChI=1S/C40H33ClF2N4O3/c1-44-37(48)34-19-18-28(30-24-46-38(41)47-25-30)22-35(34)45-23-29-21-27(17-20-36(29)50-39(42)43)26-49-40(31-11-5-2-6-12-31,32-13-7-3-8-14-32)33-15-9-4-10-16-33/h2-22,24-25,39,45H,23,26H2,1H3,(H,44,48). The second-order valence-electron chi connectivity index (χ2n) is 11.3. The summed E-state index contributed by atoms with van der Waals surface area (Å²) >= 11 is 5.88. The summed E-state index contributed by atoms with van der Waals surface area (Å²) in [5.41, 5.74) is 5.24. The first-order chi connectivity index (χ1) is 24.4. The Morgan fingerprint density at radius 3 is 1.90 bits per heavy atom. The molecule has 0 fully saturated rings. The summed E-state index contributed by atoms with van der Waals surface area (Å²) in [5.74, 6) is -0.322. The topological polar surface area (TPSA) is 85.4 Å². The van der Waals surface area contributed by atoms with E-state index in [0.29, 0.717) is 22.4 Å². The van der Waals surface area contributed by atoms with Gasteiger partial charge in [0.25, 0.3) is 5.91 Å². The molecule has 0 aliphatic carbocycles. The summed E-state index contributed by atoms with van der Waals surface area (Å²) in [5, 5.41) is 6.02. The average molecular weight is 691 g/mol. The van der Waals surface area contributed by atoms with Crippen LogP contribution in [-0.2, 0) is 23.5 Å². The molecule has 0 saturated carbocycles. The van der Waals surface area contributed by atoms with E-state index in [4.69, 9.17) is 21.1 Å². The van der Waals surface area contributed by atoms with E-state index in [0.717, 1.165) is 27.8 Å². The Morgan fingerprint density at radius 1 is 0.780 bits per heavy atom. The van der Waals surface area contributed by atoms with Crippen LogP contribution in [-0.4, -0.2) is 29.5 Å². The van der Waals surface area contributed by atoms with Crippen LogP contribution in [0.25, 0.3) is 11.1 Å². The number of ether oxygens (including phenoxy) is 2. The van der Waals surface area contributed by atoms with Crippen LogP contribution >= 0.6 is 11.6 Å². The highest BCUT2D eigenvalue weighted by Crippen LogP contribution is 2.41. The lowest BCUT2D eigenvalue weighted by atomic mass is 9.80. The normalized spacial score (nSPS) is 11.3. The van der Waals surface area contributed by atoms with E-state index in [1.54, 1.807) is 42.7 Å². The van der Waals surface area contributed by atoms with Crippen LogP contribution in [0, 0.1) is 0 Å². The maximum Gasteiger partial charge on any atom is 0.387 e. The molecule has 252 valence electrons. The molecule has 0 atom stereocenters. The molecule has 1 heterocycles. The zero-order chi connectivity index (χ0) is 34.9. The number of aromatic nitrogens is 2. The Balaban J connectivity index is 1.35. The molecule has 0 aliphatic heterocycles. The molecule has 6 aromatic rings. The molecule has 1 amide bonds. The molecule has 0 aliphatic rings. The summed E-state index contributed by atoms with van der Waals surface area (Å²) in [6.07, 6.45) is 3.15. The SMILES string of the molecule is CNC(=O)c1ccc(-c2cnc(Cl)nc2)cc1NCc1cc(COC(c2ccccc2)(c2ccccc2)c2ccccc2)ccc1OC(F)F. The van der Waals surface area contributed by atoms with Gasteiger partial charge < -0.3 is 20.1 Å². The van der Waals surface area contributed by atoms with Crippen LogP contribution in [0.5, 0.6) is 5.75 Å². The van der Waals surface area contributed by atoms with Crippen molar-refractivity contribution in [2.24, 2.45) is 0 Å². The maximum atomic E-state index is 13.6. The van der Waals surface area contributed by atoms with Gasteiger partial charge in [-0.05, 0) is 63.7 Å². The molecule has 0 unspecified atom stereocenters. The van der Waals surface area contributed by atoms with Crippen LogP contribution in [0.1, 0.15) is 38.2 Å². The molecule has 6 rings (SSSR count). The van der Waals surface area contributed by atoms with Gasteiger partial charge in [0.1, 0.15) is 11.4 Å². The van der Waals surface area contributed by atoms with E-state index in [9.17, 15) is 13.6 Å². The zero-order valence-electron chi connectivity index (χ0n) is 27.0. The number of anilines is 1. The largest absolute Gasteiger partial charge is 0.434 e. The van der Waals surface area contributed by atoms with Crippen molar-refractivity contribution in [1.82, 2.24) is 15.3 Å². The molecular weight excluding hydrogens is 658 g/mol. The van der Waals surface area contributed by atoms with Gasteiger partial charge in [0, 0.05) is 42.8 Å². The first-order valence-corrected chi connectivity index (χ1v) is 16.2. The molecule has 7 nitrogen and oxygen atoms in total. The monoisotopic (exact) mass is 690 g/mol. The van der Waals surface area contributed by atoms with Crippen molar-refractivity contribution < 1.29 is 23.0 Å². The summed E-state index contributed by atoms with van der Waals surface area (Å²) in [4.78, 5) is 20.9. The minimum Gasteiger partial charge on any atom is -0.434 e. The third-order valence-corrected chi connectivity index (χ3v) is 8.45. The molecule has 1 aromatic heterocycles. The second kappa shape index (κ2) is 15.7. The molecule has 0 saturated heterocycles. The highest BCUT2D eigenvalue weighted by molar-refractivity contribution is 6.28. The molecule has 10 heteroatoms. The Labute approximate surface area is 293 Å². The number of carbonyl (C=O) groups excluding carboxylic acids is 1. The molecule has 0 spiro atoms. The van der Waals surface area contributed by atoms with E-state index in [2.05, 4.69) is 20.6 Å². The van der Waals surface area contributed by atoms with Crippen molar-refractivity contribution in [3.8, 4) is 16.9 Å². The van der Waals surface area contributed by atoms with Crippen LogP contribution in [0.15, 0.2) is 140 Å². The third-order valence-electron chi connectivity index (χ3n) is 8.25. The molecule has 50 heavy (non-hydrogen) atoms. The van der Waals surface area contributed by atoms with Crippen molar-refractivity contribution in [3.05, 3.63) is 178 Å². The number of hydrogen-bond acceptors (Lipinski definition) is 6. The number of alkyl halides is 2. The summed E-state index contributed by atoms with van der Waals surface area (Å²) in [6, 6.07) is 40.1. The van der Waals surface area contributed by atoms with Gasteiger partial charge in [-0.25, -0.2) is 9.97 Å². The quantitative estimate of drug-likeness (QED) is 0.0930. The van der Waals surface area contributed by atoms with E-state index in [-0.39, 0.29) is 30.1 Å². The van der Waals surface area contributed by atoms with Crippen molar-refractivity contribution in [1.29, 1.82) is 0 Å². The number of halogens is 3. The van der Waals surface area contributed by atoms with Crippen LogP contribution < -0.4 is 15.4 Å².